The van der Waals surface area contributed by atoms with Gasteiger partial charge >= 0.3 is 0 Å². The molecule has 0 unspecified atom stereocenters. The van der Waals surface area contributed by atoms with Gasteiger partial charge < -0.3 is 10.0 Å². The maximum Gasteiger partial charge on any atom is 0.223 e. The summed E-state index contributed by atoms with van der Waals surface area (Å²) in [5, 5.41) is 9.42. The second-order valence-corrected chi connectivity index (χ2v) is 6.21. The molecule has 0 saturated heterocycles. The predicted octanol–water partition coefficient (Wildman–Crippen LogP) is 4.89. The van der Waals surface area contributed by atoms with Gasteiger partial charge in [-0.25, -0.2) is 0 Å². The van der Waals surface area contributed by atoms with Gasteiger partial charge in [-0.05, 0) is 29.7 Å². The van der Waals surface area contributed by atoms with Gasteiger partial charge in [-0.3, -0.25) is 4.79 Å². The number of aromatic hydroxyl groups is 1. The molecule has 2 aromatic rings. The average molecular weight is 325 g/mol. The van der Waals surface area contributed by atoms with Crippen molar-refractivity contribution >= 4 is 5.91 Å². The van der Waals surface area contributed by atoms with Crippen molar-refractivity contribution in [3.63, 3.8) is 0 Å². The van der Waals surface area contributed by atoms with E-state index < -0.39 is 0 Å². The van der Waals surface area contributed by atoms with E-state index in [4.69, 9.17) is 0 Å². The summed E-state index contributed by atoms with van der Waals surface area (Å²) >= 11 is 0. The van der Waals surface area contributed by atoms with E-state index >= 15 is 0 Å². The summed E-state index contributed by atoms with van der Waals surface area (Å²) < 4.78 is 0. The number of nitrogens with zero attached hydrogens (tertiary/aromatic N) is 1. The molecular formula is C21H27NO2. The number of phenolic OH excluding ortho intramolecular Hbond substituents is 1. The number of carbonyl (C=O) groups excluding carboxylic acids is 1. The second-order valence-electron chi connectivity index (χ2n) is 6.21. The van der Waals surface area contributed by atoms with Crippen LogP contribution in [-0.4, -0.2) is 15.9 Å². The summed E-state index contributed by atoms with van der Waals surface area (Å²) in [6, 6.07) is 17.2. The Balaban J connectivity index is 2.02. The molecule has 1 N–H and O–H groups in total. The van der Waals surface area contributed by atoms with E-state index in [1.54, 1.807) is 12.1 Å². The highest BCUT2D eigenvalue weighted by Crippen LogP contribution is 2.16. The van der Waals surface area contributed by atoms with Crippen molar-refractivity contribution in [1.29, 1.82) is 0 Å². The molecule has 1 amide bonds. The zero-order chi connectivity index (χ0) is 17.2. The van der Waals surface area contributed by atoms with Crippen LogP contribution >= 0.6 is 0 Å². The maximum atomic E-state index is 12.7. The Bertz CT molecular complexity index is 607. The van der Waals surface area contributed by atoms with Gasteiger partial charge in [-0.15, -0.1) is 0 Å². The molecule has 2 aromatic carbocycles. The Morgan fingerprint density at radius 3 is 2.12 bits per heavy atom. The fraction of sp³-hybridized carbons (Fsp3) is 0.381. The molecule has 24 heavy (non-hydrogen) atoms. The van der Waals surface area contributed by atoms with E-state index in [-0.39, 0.29) is 11.7 Å². The summed E-state index contributed by atoms with van der Waals surface area (Å²) in [5.41, 5.74) is 2.17. The van der Waals surface area contributed by atoms with Gasteiger partial charge in [-0.1, -0.05) is 68.7 Å². The number of carbonyl (C=O) groups is 1. The quantitative estimate of drug-likeness (QED) is 0.667. The largest absolute Gasteiger partial charge is 0.508 e. The highest BCUT2D eigenvalue weighted by Gasteiger charge is 2.14. The third-order valence-corrected chi connectivity index (χ3v) is 4.12. The minimum atomic E-state index is 0.197. The molecule has 3 heteroatoms. The lowest BCUT2D eigenvalue weighted by Crippen LogP contribution is -2.29. The molecule has 0 heterocycles. The topological polar surface area (TPSA) is 40.5 Å². The standard InChI is InChI=1S/C21H27NO2/c1-2-3-4-8-11-21(24)22(16-18-9-6-5-7-10-18)17-19-12-14-20(23)15-13-19/h5-7,9-10,12-15,23H,2-4,8,11,16-17H2,1H3. The molecule has 3 nitrogen and oxygen atoms in total. The molecule has 0 radical (unpaired) electrons. The van der Waals surface area contributed by atoms with E-state index in [1.165, 1.54) is 12.8 Å². The lowest BCUT2D eigenvalue weighted by atomic mass is 10.1. The number of hydrogen-bond acceptors (Lipinski definition) is 2. The fourth-order valence-corrected chi connectivity index (χ4v) is 2.72. The molecule has 0 atom stereocenters. The Morgan fingerprint density at radius 2 is 1.50 bits per heavy atom. The lowest BCUT2D eigenvalue weighted by Gasteiger charge is -2.23. The first-order valence-electron chi connectivity index (χ1n) is 8.78. The van der Waals surface area contributed by atoms with Crippen molar-refractivity contribution < 1.29 is 9.90 Å². The zero-order valence-corrected chi connectivity index (χ0v) is 14.4. The van der Waals surface area contributed by atoms with Crippen LogP contribution in [0.25, 0.3) is 0 Å². The molecule has 0 aliphatic heterocycles. The Morgan fingerprint density at radius 1 is 0.875 bits per heavy atom. The fourth-order valence-electron chi connectivity index (χ4n) is 2.72. The van der Waals surface area contributed by atoms with Gasteiger partial charge in [0.1, 0.15) is 5.75 Å². The molecule has 0 bridgehead atoms. The average Bonchev–Trinajstić information content (AvgIpc) is 2.61. The molecule has 2 rings (SSSR count). The van der Waals surface area contributed by atoms with E-state index in [2.05, 4.69) is 6.92 Å². The Hall–Kier alpha value is -2.29. The molecule has 0 saturated carbocycles. The van der Waals surface area contributed by atoms with Crippen molar-refractivity contribution in [2.24, 2.45) is 0 Å². The van der Waals surface area contributed by atoms with Crippen molar-refractivity contribution in [1.82, 2.24) is 4.90 Å². The van der Waals surface area contributed by atoms with E-state index in [0.717, 1.165) is 24.0 Å². The monoisotopic (exact) mass is 325 g/mol. The molecule has 128 valence electrons. The van der Waals surface area contributed by atoms with Crippen LogP contribution in [0.3, 0.4) is 0 Å². The smallest absolute Gasteiger partial charge is 0.223 e. The van der Waals surface area contributed by atoms with E-state index in [9.17, 15) is 9.90 Å². The minimum Gasteiger partial charge on any atom is -0.508 e. The van der Waals surface area contributed by atoms with Gasteiger partial charge in [-0.2, -0.15) is 0 Å². The highest BCUT2D eigenvalue weighted by molar-refractivity contribution is 5.76. The van der Waals surface area contributed by atoms with Crippen molar-refractivity contribution in [2.45, 2.75) is 52.1 Å². The Labute approximate surface area is 144 Å². The summed E-state index contributed by atoms with van der Waals surface area (Å²) in [4.78, 5) is 14.6. The molecule has 0 aromatic heterocycles. The Kier molecular flexibility index (Phi) is 7.34. The molecule has 0 aliphatic carbocycles. The number of phenols is 1. The molecular weight excluding hydrogens is 298 g/mol. The van der Waals surface area contributed by atoms with Gasteiger partial charge in [0.2, 0.25) is 5.91 Å². The summed E-state index contributed by atoms with van der Waals surface area (Å²) in [6.45, 7) is 3.37. The van der Waals surface area contributed by atoms with Crippen molar-refractivity contribution in [3.8, 4) is 5.75 Å². The zero-order valence-electron chi connectivity index (χ0n) is 14.4. The van der Waals surface area contributed by atoms with E-state index in [1.807, 2.05) is 47.4 Å². The van der Waals surface area contributed by atoms with Crippen LogP contribution in [-0.2, 0) is 17.9 Å². The normalized spacial score (nSPS) is 10.5. The third kappa shape index (κ3) is 6.07. The molecule has 0 aliphatic rings. The van der Waals surface area contributed by atoms with Crippen molar-refractivity contribution in [2.75, 3.05) is 0 Å². The van der Waals surface area contributed by atoms with Gasteiger partial charge in [0, 0.05) is 19.5 Å². The van der Waals surface area contributed by atoms with Gasteiger partial charge in [0.25, 0.3) is 0 Å². The number of rotatable bonds is 9. The first-order chi connectivity index (χ1) is 11.7. The summed E-state index contributed by atoms with van der Waals surface area (Å²) in [7, 11) is 0. The van der Waals surface area contributed by atoms with Gasteiger partial charge in [0.05, 0.1) is 0 Å². The van der Waals surface area contributed by atoms with Crippen LogP contribution in [0, 0.1) is 0 Å². The minimum absolute atomic E-state index is 0.197. The van der Waals surface area contributed by atoms with Crippen molar-refractivity contribution in [3.05, 3.63) is 65.7 Å². The third-order valence-electron chi connectivity index (χ3n) is 4.12. The molecule has 0 spiro atoms. The van der Waals surface area contributed by atoms with Crippen LogP contribution in [0.15, 0.2) is 54.6 Å². The maximum absolute atomic E-state index is 12.7. The SMILES string of the molecule is CCCCCCC(=O)N(Cc1ccccc1)Cc1ccc(O)cc1. The van der Waals surface area contributed by atoms with Crippen LogP contribution in [0.2, 0.25) is 0 Å². The van der Waals surface area contributed by atoms with Crippen LogP contribution in [0.4, 0.5) is 0 Å². The number of benzene rings is 2. The second kappa shape index (κ2) is 9.76. The van der Waals surface area contributed by atoms with Gasteiger partial charge in [0.15, 0.2) is 0 Å². The summed E-state index contributed by atoms with van der Waals surface area (Å²) in [6.07, 6.45) is 5.03. The number of hydrogen-bond donors (Lipinski definition) is 1. The van der Waals surface area contributed by atoms with Crippen LogP contribution < -0.4 is 0 Å². The number of amides is 1. The molecule has 0 fully saturated rings. The first kappa shape index (κ1) is 18.1. The predicted molar refractivity (Wildman–Crippen MR) is 97.6 cm³/mol. The van der Waals surface area contributed by atoms with E-state index in [0.29, 0.717) is 19.5 Å². The summed E-state index contributed by atoms with van der Waals surface area (Å²) in [5.74, 6) is 0.447. The first-order valence-corrected chi connectivity index (χ1v) is 8.78. The highest BCUT2D eigenvalue weighted by atomic mass is 16.3. The van der Waals surface area contributed by atoms with Crippen LogP contribution in [0.5, 0.6) is 5.75 Å². The lowest BCUT2D eigenvalue weighted by molar-refractivity contribution is -0.132. The number of unbranched alkanes of at least 4 members (excludes halogenated alkanes) is 3. The van der Waals surface area contributed by atoms with Crippen LogP contribution in [0.1, 0.15) is 50.2 Å².